The molecule has 0 bridgehead atoms. The van der Waals surface area contributed by atoms with Gasteiger partial charge >= 0.3 is 0 Å². The molecule has 1 heterocycles. The van der Waals surface area contributed by atoms with Crippen molar-refractivity contribution in [2.45, 2.75) is 25.8 Å². The number of rotatable bonds is 6. The zero-order valence-corrected chi connectivity index (χ0v) is 12.1. The monoisotopic (exact) mass is 277 g/mol. The maximum atomic E-state index is 5.29. The summed E-state index contributed by atoms with van der Waals surface area (Å²) < 4.78 is 7.82. The molecule has 0 spiro atoms. The topological polar surface area (TPSA) is 42.8 Å². The quantitative estimate of drug-likeness (QED) is 0.825. The van der Waals surface area contributed by atoms with Gasteiger partial charge in [0, 0.05) is 13.0 Å². The van der Waals surface area contributed by atoms with Crippen molar-refractivity contribution in [3.05, 3.63) is 46.5 Å². The minimum Gasteiger partial charge on any atom is -0.383 e. The molecule has 1 N–H and O–H groups in total. The van der Waals surface area contributed by atoms with Gasteiger partial charge in [0.1, 0.15) is 5.82 Å². The number of methoxy groups -OCH3 is 1. The lowest BCUT2D eigenvalue weighted by atomic mass is 9.96. The molecule has 4 nitrogen and oxygen atoms in total. The van der Waals surface area contributed by atoms with E-state index < -0.39 is 0 Å². The first kappa shape index (κ1) is 14.0. The number of ether oxygens (including phenoxy) is 1. The standard InChI is InChI=1S/C14H19N3OS/c1-3-12(11-7-5-4-6-8-11)13-15-16-14(19)17(13)9-10-18-2/h4-8,12H,3,9-10H2,1-2H3,(H,16,19). The van der Waals surface area contributed by atoms with Crippen LogP contribution in [0.15, 0.2) is 30.3 Å². The van der Waals surface area contributed by atoms with Crippen LogP contribution in [0.5, 0.6) is 0 Å². The van der Waals surface area contributed by atoms with Crippen molar-refractivity contribution in [2.75, 3.05) is 13.7 Å². The summed E-state index contributed by atoms with van der Waals surface area (Å²) in [5, 5.41) is 7.30. The van der Waals surface area contributed by atoms with E-state index in [-0.39, 0.29) is 5.92 Å². The van der Waals surface area contributed by atoms with Crippen LogP contribution >= 0.6 is 12.2 Å². The van der Waals surface area contributed by atoms with Crippen molar-refractivity contribution in [3.63, 3.8) is 0 Å². The molecule has 1 aromatic carbocycles. The molecule has 19 heavy (non-hydrogen) atoms. The predicted octanol–water partition coefficient (Wildman–Crippen LogP) is 3.13. The lowest BCUT2D eigenvalue weighted by Gasteiger charge is -2.16. The highest BCUT2D eigenvalue weighted by Crippen LogP contribution is 2.26. The van der Waals surface area contributed by atoms with Crippen LogP contribution in [0.3, 0.4) is 0 Å². The number of nitrogens with zero attached hydrogens (tertiary/aromatic N) is 2. The maximum absolute atomic E-state index is 5.29. The molecule has 0 radical (unpaired) electrons. The molecule has 0 saturated carbocycles. The highest BCUT2D eigenvalue weighted by Gasteiger charge is 2.18. The summed E-state index contributed by atoms with van der Waals surface area (Å²) in [4.78, 5) is 0. The maximum Gasteiger partial charge on any atom is 0.195 e. The Labute approximate surface area is 118 Å². The number of benzene rings is 1. The van der Waals surface area contributed by atoms with Crippen LogP contribution in [-0.2, 0) is 11.3 Å². The molecule has 0 saturated heterocycles. The molecule has 1 atom stereocenters. The van der Waals surface area contributed by atoms with Crippen LogP contribution in [0.4, 0.5) is 0 Å². The van der Waals surface area contributed by atoms with Gasteiger partial charge in [0.15, 0.2) is 4.77 Å². The third kappa shape index (κ3) is 3.11. The Kier molecular flexibility index (Phi) is 4.87. The Balaban J connectivity index is 2.36. The van der Waals surface area contributed by atoms with E-state index in [0.717, 1.165) is 18.8 Å². The number of hydrogen-bond donors (Lipinski definition) is 1. The molecule has 5 heteroatoms. The van der Waals surface area contributed by atoms with Crippen molar-refractivity contribution in [2.24, 2.45) is 0 Å². The van der Waals surface area contributed by atoms with Gasteiger partial charge in [0.2, 0.25) is 0 Å². The SMILES string of the molecule is CCC(c1ccccc1)c1n[nH]c(=S)n1CCOC. The first-order valence-corrected chi connectivity index (χ1v) is 6.87. The van der Waals surface area contributed by atoms with Crippen LogP contribution in [-0.4, -0.2) is 28.5 Å². The van der Waals surface area contributed by atoms with Gasteiger partial charge in [-0.1, -0.05) is 37.3 Å². The van der Waals surface area contributed by atoms with Crippen LogP contribution < -0.4 is 0 Å². The first-order chi connectivity index (χ1) is 9.27. The zero-order chi connectivity index (χ0) is 13.7. The van der Waals surface area contributed by atoms with E-state index >= 15 is 0 Å². The van der Waals surface area contributed by atoms with Crippen LogP contribution in [0.25, 0.3) is 0 Å². The van der Waals surface area contributed by atoms with Gasteiger partial charge in [-0.25, -0.2) is 0 Å². The molecule has 1 unspecified atom stereocenters. The molecule has 102 valence electrons. The molecule has 2 aromatic rings. The fraction of sp³-hybridized carbons (Fsp3) is 0.429. The van der Waals surface area contributed by atoms with Crippen molar-refractivity contribution in [1.29, 1.82) is 0 Å². The summed E-state index contributed by atoms with van der Waals surface area (Å²) in [6.07, 6.45) is 0.983. The minimum atomic E-state index is 0.256. The smallest absolute Gasteiger partial charge is 0.195 e. The molecule has 0 aliphatic heterocycles. The lowest BCUT2D eigenvalue weighted by molar-refractivity contribution is 0.185. The molecular weight excluding hydrogens is 258 g/mol. The van der Waals surface area contributed by atoms with Gasteiger partial charge in [-0.3, -0.25) is 5.10 Å². The third-order valence-corrected chi connectivity index (χ3v) is 3.54. The van der Waals surface area contributed by atoms with E-state index in [0.29, 0.717) is 11.4 Å². The van der Waals surface area contributed by atoms with E-state index in [9.17, 15) is 0 Å². The second-order valence-corrected chi connectivity index (χ2v) is 4.79. The Morgan fingerprint density at radius 2 is 2.11 bits per heavy atom. The van der Waals surface area contributed by atoms with E-state index in [1.807, 2.05) is 10.6 Å². The predicted molar refractivity (Wildman–Crippen MR) is 77.9 cm³/mol. The number of aromatic amines is 1. The second-order valence-electron chi connectivity index (χ2n) is 4.40. The summed E-state index contributed by atoms with van der Waals surface area (Å²) in [5.41, 5.74) is 1.26. The van der Waals surface area contributed by atoms with Gasteiger partial charge in [0.05, 0.1) is 13.2 Å². The normalized spacial score (nSPS) is 12.5. The minimum absolute atomic E-state index is 0.256. The van der Waals surface area contributed by atoms with Crippen molar-refractivity contribution in [1.82, 2.24) is 14.8 Å². The Bertz CT molecular complexity index is 562. The highest BCUT2D eigenvalue weighted by atomic mass is 32.1. The van der Waals surface area contributed by atoms with Gasteiger partial charge in [-0.05, 0) is 24.2 Å². The van der Waals surface area contributed by atoms with Gasteiger partial charge in [0.25, 0.3) is 0 Å². The number of aromatic nitrogens is 3. The van der Waals surface area contributed by atoms with Crippen LogP contribution in [0.1, 0.15) is 30.7 Å². The first-order valence-electron chi connectivity index (χ1n) is 6.47. The fourth-order valence-corrected chi connectivity index (χ4v) is 2.48. The highest BCUT2D eigenvalue weighted by molar-refractivity contribution is 7.71. The van der Waals surface area contributed by atoms with E-state index in [1.54, 1.807) is 7.11 Å². The average Bonchev–Trinajstić information content (AvgIpc) is 2.80. The number of hydrogen-bond acceptors (Lipinski definition) is 3. The van der Waals surface area contributed by atoms with Crippen LogP contribution in [0, 0.1) is 4.77 Å². The average molecular weight is 277 g/mol. The molecule has 0 aliphatic rings. The van der Waals surface area contributed by atoms with E-state index in [2.05, 4.69) is 41.4 Å². The molecule has 0 amide bonds. The van der Waals surface area contributed by atoms with Crippen LogP contribution in [0.2, 0.25) is 0 Å². The van der Waals surface area contributed by atoms with Crippen molar-refractivity contribution >= 4 is 12.2 Å². The molecule has 1 aromatic heterocycles. The summed E-state index contributed by atoms with van der Waals surface area (Å²) in [7, 11) is 1.69. The zero-order valence-electron chi connectivity index (χ0n) is 11.3. The number of nitrogens with one attached hydrogen (secondary N) is 1. The summed E-state index contributed by atoms with van der Waals surface area (Å²) in [5.74, 6) is 1.24. The van der Waals surface area contributed by atoms with Gasteiger partial charge in [-0.2, -0.15) is 5.10 Å². The molecule has 2 rings (SSSR count). The van der Waals surface area contributed by atoms with Crippen molar-refractivity contribution < 1.29 is 4.74 Å². The molecule has 0 fully saturated rings. The van der Waals surface area contributed by atoms with Gasteiger partial charge in [-0.15, -0.1) is 0 Å². The third-order valence-electron chi connectivity index (χ3n) is 3.23. The Morgan fingerprint density at radius 3 is 2.74 bits per heavy atom. The lowest BCUT2D eigenvalue weighted by Crippen LogP contribution is -2.13. The largest absolute Gasteiger partial charge is 0.383 e. The summed E-state index contributed by atoms with van der Waals surface area (Å²) >= 11 is 5.29. The van der Waals surface area contributed by atoms with Crippen molar-refractivity contribution in [3.8, 4) is 0 Å². The Hall–Kier alpha value is -1.46. The summed E-state index contributed by atoms with van der Waals surface area (Å²) in [6.45, 7) is 3.52. The fourth-order valence-electron chi connectivity index (χ4n) is 2.25. The summed E-state index contributed by atoms with van der Waals surface area (Å²) in [6, 6.07) is 10.4. The second kappa shape index (κ2) is 6.63. The van der Waals surface area contributed by atoms with Gasteiger partial charge < -0.3 is 9.30 Å². The number of H-pyrrole nitrogens is 1. The Morgan fingerprint density at radius 1 is 1.37 bits per heavy atom. The van der Waals surface area contributed by atoms with E-state index in [1.165, 1.54) is 5.56 Å². The van der Waals surface area contributed by atoms with E-state index in [4.69, 9.17) is 17.0 Å². The molecular formula is C14H19N3OS. The molecule has 0 aliphatic carbocycles.